The number of fused-ring (bicyclic) bond motifs is 4. The highest BCUT2D eigenvalue weighted by Gasteiger charge is 2.13. The zero-order valence-electron chi connectivity index (χ0n) is 18.4. The van der Waals surface area contributed by atoms with Gasteiger partial charge in [-0.25, -0.2) is 9.78 Å². The number of hydrazone groups is 1. The molecule has 6 rings (SSSR count). The standard InChI is InChI=1S/C27H20N4O2S/c1-2-31-15-18(20-9-5-6-10-24(20)31)14-28-30-27-29-23(16-34-27)22-13-21-19-8-4-3-7-17(19)11-12-25(21)33-26(22)32/h3-16H,2H2,1H3,(H,29,30)/b28-14+. The number of rotatable bonds is 5. The monoisotopic (exact) mass is 464 g/mol. The minimum atomic E-state index is -0.407. The number of anilines is 1. The van der Waals surface area contributed by atoms with Crippen LogP contribution in [0.3, 0.4) is 0 Å². The zero-order chi connectivity index (χ0) is 23.1. The second kappa shape index (κ2) is 8.28. The van der Waals surface area contributed by atoms with Crippen molar-refractivity contribution in [2.45, 2.75) is 13.5 Å². The van der Waals surface area contributed by atoms with Gasteiger partial charge in [0, 0.05) is 40.0 Å². The SMILES string of the molecule is CCn1cc(/C=N/Nc2nc(-c3cc4c(ccc5ccccc54)oc3=O)cs2)c2ccccc21. The Hall–Kier alpha value is -4.23. The number of thiazole rings is 1. The van der Waals surface area contributed by atoms with Gasteiger partial charge >= 0.3 is 5.63 Å². The average molecular weight is 465 g/mol. The van der Waals surface area contributed by atoms with E-state index in [1.807, 2.05) is 60.0 Å². The lowest BCUT2D eigenvalue weighted by Crippen LogP contribution is -2.03. The van der Waals surface area contributed by atoms with Crippen LogP contribution in [0.2, 0.25) is 0 Å². The van der Waals surface area contributed by atoms with Crippen molar-refractivity contribution in [3.05, 3.63) is 94.3 Å². The molecule has 3 heterocycles. The summed E-state index contributed by atoms with van der Waals surface area (Å²) in [6, 6.07) is 22.0. The molecule has 0 aliphatic rings. The molecule has 0 aliphatic carbocycles. The summed E-state index contributed by atoms with van der Waals surface area (Å²) in [4.78, 5) is 17.3. The van der Waals surface area contributed by atoms with Crippen molar-refractivity contribution in [1.82, 2.24) is 9.55 Å². The topological polar surface area (TPSA) is 72.4 Å². The predicted octanol–water partition coefficient (Wildman–Crippen LogP) is 6.49. The second-order valence-corrected chi connectivity index (χ2v) is 8.80. The van der Waals surface area contributed by atoms with E-state index in [1.54, 1.807) is 6.21 Å². The molecule has 0 atom stereocenters. The molecule has 6 nitrogen and oxygen atoms in total. The Morgan fingerprint density at radius 1 is 1.06 bits per heavy atom. The zero-order valence-corrected chi connectivity index (χ0v) is 19.2. The summed E-state index contributed by atoms with van der Waals surface area (Å²) in [6.07, 6.45) is 3.89. The van der Waals surface area contributed by atoms with Gasteiger partial charge in [0.25, 0.3) is 0 Å². The average Bonchev–Trinajstić information content (AvgIpc) is 3.48. The third kappa shape index (κ3) is 3.47. The van der Waals surface area contributed by atoms with Crippen LogP contribution < -0.4 is 11.1 Å². The summed E-state index contributed by atoms with van der Waals surface area (Å²) < 4.78 is 7.81. The first-order valence-corrected chi connectivity index (χ1v) is 11.9. The highest BCUT2D eigenvalue weighted by molar-refractivity contribution is 7.14. The first-order valence-electron chi connectivity index (χ1n) is 11.0. The van der Waals surface area contributed by atoms with E-state index in [2.05, 4.69) is 45.3 Å². The predicted molar refractivity (Wildman–Crippen MR) is 140 cm³/mol. The fourth-order valence-electron chi connectivity index (χ4n) is 4.30. The minimum Gasteiger partial charge on any atom is -0.422 e. The van der Waals surface area contributed by atoms with Crippen LogP contribution in [-0.4, -0.2) is 15.8 Å². The van der Waals surface area contributed by atoms with E-state index in [4.69, 9.17) is 4.42 Å². The van der Waals surface area contributed by atoms with Gasteiger partial charge in [0.1, 0.15) is 5.58 Å². The van der Waals surface area contributed by atoms with Gasteiger partial charge in [0.2, 0.25) is 5.13 Å². The molecular weight excluding hydrogens is 444 g/mol. The first-order chi connectivity index (χ1) is 16.7. The van der Waals surface area contributed by atoms with E-state index in [9.17, 15) is 4.79 Å². The maximum atomic E-state index is 12.7. The Kier molecular flexibility index (Phi) is 4.96. The molecule has 34 heavy (non-hydrogen) atoms. The van der Waals surface area contributed by atoms with Crippen LogP contribution in [0.15, 0.2) is 92.6 Å². The number of hydrogen-bond acceptors (Lipinski definition) is 6. The number of hydrogen-bond donors (Lipinski definition) is 1. The largest absolute Gasteiger partial charge is 0.422 e. The van der Waals surface area contributed by atoms with Gasteiger partial charge < -0.3 is 8.98 Å². The van der Waals surface area contributed by atoms with Gasteiger partial charge in [-0.15, -0.1) is 11.3 Å². The highest BCUT2D eigenvalue weighted by Crippen LogP contribution is 2.29. The van der Waals surface area contributed by atoms with Crippen LogP contribution in [0.5, 0.6) is 0 Å². The molecule has 0 amide bonds. The second-order valence-electron chi connectivity index (χ2n) is 7.94. The first kappa shape index (κ1) is 20.4. The fraction of sp³-hybridized carbons (Fsp3) is 0.0741. The van der Waals surface area contributed by atoms with E-state index in [0.29, 0.717) is 22.0 Å². The molecule has 0 fully saturated rings. The molecule has 0 radical (unpaired) electrons. The molecule has 166 valence electrons. The van der Waals surface area contributed by atoms with Crippen molar-refractivity contribution in [3.8, 4) is 11.3 Å². The molecule has 0 saturated heterocycles. The van der Waals surface area contributed by atoms with Crippen LogP contribution in [0, 0.1) is 0 Å². The third-order valence-electron chi connectivity index (χ3n) is 5.95. The van der Waals surface area contributed by atoms with Crippen LogP contribution in [0.4, 0.5) is 5.13 Å². The van der Waals surface area contributed by atoms with Crippen molar-refractivity contribution in [3.63, 3.8) is 0 Å². The van der Waals surface area contributed by atoms with Crippen molar-refractivity contribution >= 4 is 55.3 Å². The van der Waals surface area contributed by atoms with E-state index >= 15 is 0 Å². The number of benzene rings is 3. The van der Waals surface area contributed by atoms with Crippen LogP contribution in [0.1, 0.15) is 12.5 Å². The Morgan fingerprint density at radius 3 is 2.76 bits per heavy atom. The van der Waals surface area contributed by atoms with E-state index in [1.165, 1.54) is 16.9 Å². The molecule has 0 bridgehead atoms. The van der Waals surface area contributed by atoms with E-state index in [-0.39, 0.29) is 0 Å². The lowest BCUT2D eigenvalue weighted by atomic mass is 10.0. The highest BCUT2D eigenvalue weighted by atomic mass is 32.1. The summed E-state index contributed by atoms with van der Waals surface area (Å²) in [5.41, 5.74) is 6.36. The van der Waals surface area contributed by atoms with Crippen molar-refractivity contribution in [2.24, 2.45) is 5.10 Å². The summed E-state index contributed by atoms with van der Waals surface area (Å²) >= 11 is 1.39. The summed E-state index contributed by atoms with van der Waals surface area (Å²) in [5, 5.41) is 11.0. The number of nitrogens with zero attached hydrogens (tertiary/aromatic N) is 3. The Balaban J connectivity index is 1.31. The lowest BCUT2D eigenvalue weighted by Gasteiger charge is -2.04. The molecule has 3 aromatic heterocycles. The van der Waals surface area contributed by atoms with Crippen LogP contribution >= 0.6 is 11.3 Å². The Labute approximate surface area is 198 Å². The van der Waals surface area contributed by atoms with Gasteiger partial charge in [0.15, 0.2) is 0 Å². The molecule has 3 aromatic carbocycles. The van der Waals surface area contributed by atoms with Gasteiger partial charge in [0.05, 0.1) is 17.5 Å². The number of para-hydroxylation sites is 1. The van der Waals surface area contributed by atoms with E-state index in [0.717, 1.165) is 33.7 Å². The summed E-state index contributed by atoms with van der Waals surface area (Å²) in [5.74, 6) is 0. The molecule has 0 aliphatic heterocycles. The van der Waals surface area contributed by atoms with Crippen molar-refractivity contribution in [1.29, 1.82) is 0 Å². The van der Waals surface area contributed by atoms with Gasteiger partial charge in [-0.2, -0.15) is 5.10 Å². The smallest absolute Gasteiger partial charge is 0.345 e. The third-order valence-corrected chi connectivity index (χ3v) is 6.69. The summed E-state index contributed by atoms with van der Waals surface area (Å²) in [7, 11) is 0. The van der Waals surface area contributed by atoms with Crippen LogP contribution in [-0.2, 0) is 6.54 Å². The number of aromatic nitrogens is 2. The lowest BCUT2D eigenvalue weighted by molar-refractivity contribution is 0.563. The van der Waals surface area contributed by atoms with Crippen molar-refractivity contribution in [2.75, 3.05) is 5.43 Å². The van der Waals surface area contributed by atoms with Gasteiger partial charge in [-0.1, -0.05) is 48.5 Å². The number of nitrogens with one attached hydrogen (secondary N) is 1. The molecule has 0 spiro atoms. The molecular formula is C27H20N4O2S. The molecule has 7 heteroatoms. The quantitative estimate of drug-likeness (QED) is 0.137. The normalized spacial score (nSPS) is 11.8. The van der Waals surface area contributed by atoms with Crippen LogP contribution in [0.25, 0.3) is 43.9 Å². The molecule has 1 N–H and O–H groups in total. The molecule has 0 unspecified atom stereocenters. The number of aryl methyl sites for hydroxylation is 1. The Morgan fingerprint density at radius 2 is 1.88 bits per heavy atom. The fourth-order valence-corrected chi connectivity index (χ4v) is 4.96. The maximum Gasteiger partial charge on any atom is 0.345 e. The Bertz CT molecular complexity index is 1760. The van der Waals surface area contributed by atoms with E-state index < -0.39 is 5.63 Å². The molecule has 6 aromatic rings. The summed E-state index contributed by atoms with van der Waals surface area (Å²) in [6.45, 7) is 3.01. The van der Waals surface area contributed by atoms with Gasteiger partial charge in [-0.3, -0.25) is 5.43 Å². The molecule has 0 saturated carbocycles. The van der Waals surface area contributed by atoms with Gasteiger partial charge in [-0.05, 0) is 35.9 Å². The van der Waals surface area contributed by atoms with Crippen molar-refractivity contribution < 1.29 is 4.42 Å². The maximum absolute atomic E-state index is 12.7. The minimum absolute atomic E-state index is 0.407.